The average Bonchev–Trinajstić information content (AvgIpc) is 2.74. The van der Waals surface area contributed by atoms with E-state index < -0.39 is 25.9 Å². The third-order valence-electron chi connectivity index (χ3n) is 4.53. The van der Waals surface area contributed by atoms with Gasteiger partial charge in [-0.15, -0.1) is 0 Å². The van der Waals surface area contributed by atoms with Crippen molar-refractivity contribution in [2.24, 2.45) is 0 Å². The van der Waals surface area contributed by atoms with Gasteiger partial charge in [-0.2, -0.15) is 0 Å². The number of hydrogen-bond acceptors (Lipinski definition) is 5. The van der Waals surface area contributed by atoms with Gasteiger partial charge in [-0.1, -0.05) is 30.3 Å². The molecule has 0 aliphatic carbocycles. The van der Waals surface area contributed by atoms with Gasteiger partial charge in [-0.05, 0) is 52.6 Å². The minimum Gasteiger partial charge on any atom is -0.399 e. The van der Waals surface area contributed by atoms with E-state index in [2.05, 4.69) is 0 Å². The van der Waals surface area contributed by atoms with Crippen LogP contribution in [0.2, 0.25) is 0 Å². The van der Waals surface area contributed by atoms with Crippen LogP contribution in [0.1, 0.15) is 47.1 Å². The van der Waals surface area contributed by atoms with Crippen LogP contribution in [-0.4, -0.2) is 31.5 Å². The lowest BCUT2D eigenvalue weighted by molar-refractivity contribution is 0.00578. The van der Waals surface area contributed by atoms with E-state index in [1.165, 1.54) is 5.82 Å². The summed E-state index contributed by atoms with van der Waals surface area (Å²) in [6.07, 6.45) is 0. The van der Waals surface area contributed by atoms with Gasteiger partial charge in [0, 0.05) is 5.82 Å². The highest BCUT2D eigenvalue weighted by atomic mass is 31.2. The summed E-state index contributed by atoms with van der Waals surface area (Å²) in [6.45, 7) is 12.1. The van der Waals surface area contributed by atoms with E-state index in [1.54, 1.807) is 13.8 Å². The normalized spacial score (nSPS) is 20.1. The summed E-state index contributed by atoms with van der Waals surface area (Å²) in [5, 5.41) is 0. The molecule has 0 atom stereocenters. The zero-order valence-corrected chi connectivity index (χ0v) is 16.8. The van der Waals surface area contributed by atoms with Gasteiger partial charge < -0.3 is 18.4 Å². The molecule has 25 heavy (non-hydrogen) atoms. The number of benzene rings is 1. The molecule has 1 aliphatic rings. The molecular weight excluding hydrogens is 338 g/mol. The molecular formula is C18H28BO5P. The van der Waals surface area contributed by atoms with E-state index in [0.717, 1.165) is 5.56 Å². The zero-order chi connectivity index (χ0) is 18.7. The predicted octanol–water partition coefficient (Wildman–Crippen LogP) is 4.93. The van der Waals surface area contributed by atoms with Gasteiger partial charge >= 0.3 is 14.7 Å². The third-order valence-corrected chi connectivity index (χ3v) is 6.36. The lowest BCUT2D eigenvalue weighted by Crippen LogP contribution is -2.41. The number of rotatable bonds is 7. The minimum absolute atomic E-state index is 0.291. The molecule has 138 valence electrons. The molecule has 0 aromatic heterocycles. The predicted molar refractivity (Wildman–Crippen MR) is 101 cm³/mol. The Morgan fingerprint density at radius 1 is 1.04 bits per heavy atom. The van der Waals surface area contributed by atoms with Gasteiger partial charge in [0.2, 0.25) is 0 Å². The van der Waals surface area contributed by atoms with E-state index in [9.17, 15) is 4.57 Å². The third kappa shape index (κ3) is 4.63. The maximum Gasteiger partial charge on any atom is 0.495 e. The van der Waals surface area contributed by atoms with Crippen LogP contribution in [0.4, 0.5) is 0 Å². The van der Waals surface area contributed by atoms with Crippen molar-refractivity contribution >= 4 is 20.2 Å². The van der Waals surface area contributed by atoms with Gasteiger partial charge in [0.25, 0.3) is 0 Å². The molecule has 1 heterocycles. The Kier molecular flexibility index (Phi) is 6.34. The second-order valence-electron chi connectivity index (χ2n) is 6.91. The summed E-state index contributed by atoms with van der Waals surface area (Å²) in [5.41, 5.74) is 0.532. The van der Waals surface area contributed by atoms with Crippen LogP contribution in [0.5, 0.6) is 0 Å². The van der Waals surface area contributed by atoms with Gasteiger partial charge in [-0.3, -0.25) is 4.57 Å². The second-order valence-corrected chi connectivity index (χ2v) is 8.77. The Hall–Kier alpha value is -0.905. The fourth-order valence-electron chi connectivity index (χ4n) is 2.51. The van der Waals surface area contributed by atoms with Crippen LogP contribution >= 0.6 is 7.60 Å². The topological polar surface area (TPSA) is 54.0 Å². The SMILES string of the molecule is CCOP(=O)(/C=C(/B1OC(C)(C)C(C)(C)O1)c1ccccc1)OCC. The Labute approximate surface area is 151 Å². The monoisotopic (exact) mass is 366 g/mol. The van der Waals surface area contributed by atoms with Crippen LogP contribution in [0, 0.1) is 0 Å². The Bertz CT molecular complexity index is 631. The summed E-state index contributed by atoms with van der Waals surface area (Å²) in [7, 11) is -4.05. The molecule has 1 saturated heterocycles. The van der Waals surface area contributed by atoms with Crippen LogP contribution in [0.3, 0.4) is 0 Å². The summed E-state index contributed by atoms with van der Waals surface area (Å²) in [4.78, 5) is 0. The molecule has 0 saturated carbocycles. The van der Waals surface area contributed by atoms with Crippen molar-refractivity contribution in [1.29, 1.82) is 0 Å². The molecule has 5 nitrogen and oxygen atoms in total. The lowest BCUT2D eigenvalue weighted by Gasteiger charge is -2.32. The van der Waals surface area contributed by atoms with E-state index in [-0.39, 0.29) is 0 Å². The molecule has 0 radical (unpaired) electrons. The smallest absolute Gasteiger partial charge is 0.399 e. The fraction of sp³-hybridized carbons (Fsp3) is 0.556. The van der Waals surface area contributed by atoms with E-state index in [0.29, 0.717) is 18.7 Å². The van der Waals surface area contributed by atoms with Crippen LogP contribution < -0.4 is 0 Å². The van der Waals surface area contributed by atoms with Crippen molar-refractivity contribution < 1.29 is 22.9 Å². The molecule has 1 aromatic rings. The van der Waals surface area contributed by atoms with Crippen molar-refractivity contribution in [1.82, 2.24) is 0 Å². The Morgan fingerprint density at radius 3 is 1.96 bits per heavy atom. The van der Waals surface area contributed by atoms with E-state index in [4.69, 9.17) is 18.4 Å². The summed E-state index contributed by atoms with van der Waals surface area (Å²) < 4.78 is 36.2. The van der Waals surface area contributed by atoms with Crippen molar-refractivity contribution in [3.63, 3.8) is 0 Å². The molecule has 2 rings (SSSR count). The molecule has 0 amide bonds. The highest BCUT2D eigenvalue weighted by Gasteiger charge is 2.53. The first kappa shape index (κ1) is 20.4. The number of hydrogen-bond donors (Lipinski definition) is 0. The van der Waals surface area contributed by atoms with Crippen LogP contribution in [-0.2, 0) is 22.9 Å². The first-order valence-electron chi connectivity index (χ1n) is 8.67. The van der Waals surface area contributed by atoms with Gasteiger partial charge in [0.15, 0.2) is 0 Å². The quantitative estimate of drug-likeness (QED) is 0.506. The maximum atomic E-state index is 13.0. The molecule has 0 bridgehead atoms. The van der Waals surface area contributed by atoms with Crippen molar-refractivity contribution in [3.8, 4) is 0 Å². The molecule has 1 fully saturated rings. The standard InChI is InChI=1S/C18H28BO5P/c1-7-21-25(20,22-8-2)14-16(15-12-10-9-11-13-15)19-23-17(3,4)18(5,6)24-19/h9-14H,7-8H2,1-6H3/b16-14+. The first-order valence-corrected chi connectivity index (χ1v) is 10.3. The highest BCUT2D eigenvalue weighted by molar-refractivity contribution is 7.57. The largest absolute Gasteiger partial charge is 0.495 e. The zero-order valence-electron chi connectivity index (χ0n) is 15.9. The average molecular weight is 366 g/mol. The summed E-state index contributed by atoms with van der Waals surface area (Å²) >= 11 is 0. The van der Waals surface area contributed by atoms with Gasteiger partial charge in [-0.25, -0.2) is 0 Å². The molecule has 0 N–H and O–H groups in total. The highest BCUT2D eigenvalue weighted by Crippen LogP contribution is 2.53. The molecule has 7 heteroatoms. The van der Waals surface area contributed by atoms with Crippen molar-refractivity contribution in [2.75, 3.05) is 13.2 Å². The molecule has 0 spiro atoms. The van der Waals surface area contributed by atoms with Gasteiger partial charge in [0.05, 0.1) is 24.4 Å². The molecule has 1 aliphatic heterocycles. The summed E-state index contributed by atoms with van der Waals surface area (Å²) in [6, 6.07) is 9.62. The Morgan fingerprint density at radius 2 is 1.52 bits per heavy atom. The van der Waals surface area contributed by atoms with Gasteiger partial charge in [0.1, 0.15) is 0 Å². The van der Waals surface area contributed by atoms with Crippen LogP contribution in [0.25, 0.3) is 5.47 Å². The second kappa shape index (κ2) is 7.77. The lowest BCUT2D eigenvalue weighted by atomic mass is 9.75. The van der Waals surface area contributed by atoms with E-state index in [1.807, 2.05) is 58.0 Å². The fourth-order valence-corrected chi connectivity index (χ4v) is 4.07. The maximum absolute atomic E-state index is 13.0. The van der Waals surface area contributed by atoms with Crippen molar-refractivity contribution in [2.45, 2.75) is 52.7 Å². The molecule has 0 unspecified atom stereocenters. The summed E-state index contributed by atoms with van der Waals surface area (Å²) in [5.74, 6) is 1.54. The Balaban J connectivity index is 2.49. The van der Waals surface area contributed by atoms with E-state index >= 15 is 0 Å². The van der Waals surface area contributed by atoms with Crippen LogP contribution in [0.15, 0.2) is 36.1 Å². The molecule has 1 aromatic carbocycles. The first-order chi connectivity index (χ1) is 11.6. The minimum atomic E-state index is -3.40. The van der Waals surface area contributed by atoms with Crippen molar-refractivity contribution in [3.05, 3.63) is 41.7 Å².